The zero-order valence-electron chi connectivity index (χ0n) is 9.01. The molecule has 0 heterocycles. The average Bonchev–Trinajstić information content (AvgIpc) is 2.25. The van der Waals surface area contributed by atoms with E-state index >= 15 is 0 Å². The molecule has 0 aliphatic carbocycles. The molecule has 0 spiro atoms. The van der Waals surface area contributed by atoms with Gasteiger partial charge in [0.05, 0.1) is 0 Å². The highest BCUT2D eigenvalue weighted by Gasteiger charge is 2.11. The Labute approximate surface area is 93.5 Å². The van der Waals surface area contributed by atoms with Gasteiger partial charge in [0.25, 0.3) is 0 Å². The smallest absolute Gasteiger partial charge is 0.162 e. The van der Waals surface area contributed by atoms with Crippen LogP contribution in [0.25, 0.3) is 0 Å². The number of Topliss-reactive ketones (excluding diaryl/α,β-unsaturated/α-hetero) is 1. The van der Waals surface area contributed by atoms with Crippen molar-refractivity contribution in [2.45, 2.75) is 25.7 Å². The van der Waals surface area contributed by atoms with Crippen LogP contribution < -0.4 is 5.73 Å². The van der Waals surface area contributed by atoms with E-state index in [9.17, 15) is 13.6 Å². The third kappa shape index (κ3) is 3.70. The molecule has 0 atom stereocenters. The molecule has 0 saturated heterocycles. The van der Waals surface area contributed by atoms with Crippen LogP contribution in [-0.2, 0) is 11.2 Å². The lowest BCUT2D eigenvalue weighted by Gasteiger charge is -2.03. The minimum absolute atomic E-state index is 0.0475. The number of carbonyl (C=O) groups excluding carboxylic acids is 1. The Morgan fingerprint density at radius 2 is 2.00 bits per heavy atom. The van der Waals surface area contributed by atoms with Crippen molar-refractivity contribution in [2.24, 2.45) is 5.73 Å². The van der Waals surface area contributed by atoms with Crippen molar-refractivity contribution in [3.8, 4) is 0 Å². The van der Waals surface area contributed by atoms with Crippen LogP contribution >= 0.6 is 0 Å². The number of hydrogen-bond acceptors (Lipinski definition) is 2. The number of hydrogen-bond donors (Lipinski definition) is 1. The minimum Gasteiger partial charge on any atom is -0.330 e. The molecule has 88 valence electrons. The summed E-state index contributed by atoms with van der Waals surface area (Å²) in [6.45, 7) is 0.543. The molecule has 0 radical (unpaired) electrons. The maximum Gasteiger partial charge on any atom is 0.162 e. The van der Waals surface area contributed by atoms with Crippen LogP contribution in [0, 0.1) is 11.6 Å². The van der Waals surface area contributed by atoms with Crippen molar-refractivity contribution in [3.05, 3.63) is 35.4 Å². The average molecular weight is 227 g/mol. The maximum absolute atomic E-state index is 13.2. The van der Waals surface area contributed by atoms with Gasteiger partial charge in [-0.05, 0) is 31.0 Å². The lowest BCUT2D eigenvalue weighted by molar-refractivity contribution is -0.118. The first-order valence-electron chi connectivity index (χ1n) is 5.30. The molecule has 0 amide bonds. The largest absolute Gasteiger partial charge is 0.330 e. The van der Waals surface area contributed by atoms with Crippen molar-refractivity contribution in [3.63, 3.8) is 0 Å². The fourth-order valence-corrected chi connectivity index (χ4v) is 1.45. The summed E-state index contributed by atoms with van der Waals surface area (Å²) < 4.78 is 26.0. The molecule has 4 heteroatoms. The van der Waals surface area contributed by atoms with E-state index in [0.717, 1.165) is 12.5 Å². The summed E-state index contributed by atoms with van der Waals surface area (Å²) in [7, 11) is 0. The third-order valence-electron chi connectivity index (χ3n) is 2.33. The molecule has 0 unspecified atom stereocenters. The molecule has 0 aliphatic heterocycles. The molecular weight excluding hydrogens is 212 g/mol. The van der Waals surface area contributed by atoms with Gasteiger partial charge < -0.3 is 5.73 Å². The van der Waals surface area contributed by atoms with Crippen LogP contribution in [0.2, 0.25) is 0 Å². The van der Waals surface area contributed by atoms with Gasteiger partial charge in [-0.15, -0.1) is 0 Å². The lowest BCUT2D eigenvalue weighted by Crippen LogP contribution is -2.07. The van der Waals surface area contributed by atoms with Gasteiger partial charge in [-0.1, -0.05) is 12.1 Å². The molecule has 16 heavy (non-hydrogen) atoms. The van der Waals surface area contributed by atoms with Gasteiger partial charge in [0, 0.05) is 12.8 Å². The highest BCUT2D eigenvalue weighted by atomic mass is 19.2. The molecule has 0 bridgehead atoms. The standard InChI is InChI=1S/C12H15F2NO/c13-11-6-3-4-9(12(11)14)8-10(16)5-1-2-7-15/h3-4,6H,1-2,5,7-8,15H2. The second-order valence-corrected chi connectivity index (χ2v) is 3.67. The Hall–Kier alpha value is -1.29. The lowest BCUT2D eigenvalue weighted by atomic mass is 10.0. The van der Waals surface area contributed by atoms with E-state index < -0.39 is 11.6 Å². The zero-order valence-corrected chi connectivity index (χ0v) is 9.01. The van der Waals surface area contributed by atoms with Crippen molar-refractivity contribution in [1.29, 1.82) is 0 Å². The topological polar surface area (TPSA) is 43.1 Å². The molecular formula is C12H15F2NO. The Bertz CT molecular complexity index is 366. The van der Waals surface area contributed by atoms with E-state index in [1.807, 2.05) is 0 Å². The Balaban J connectivity index is 2.53. The van der Waals surface area contributed by atoms with Gasteiger partial charge in [-0.2, -0.15) is 0 Å². The first kappa shape index (κ1) is 12.8. The maximum atomic E-state index is 13.2. The Morgan fingerprint density at radius 1 is 1.25 bits per heavy atom. The van der Waals surface area contributed by atoms with Gasteiger partial charge in [0.15, 0.2) is 11.6 Å². The second-order valence-electron chi connectivity index (χ2n) is 3.67. The molecule has 0 aliphatic rings. The number of benzene rings is 1. The van der Waals surface area contributed by atoms with Crippen molar-refractivity contribution < 1.29 is 13.6 Å². The SMILES string of the molecule is NCCCCC(=O)Cc1cccc(F)c1F. The predicted molar refractivity (Wildman–Crippen MR) is 58.0 cm³/mol. The van der Waals surface area contributed by atoms with Crippen LogP contribution in [0.3, 0.4) is 0 Å². The summed E-state index contributed by atoms with van der Waals surface area (Å²) in [5.41, 5.74) is 5.41. The Morgan fingerprint density at radius 3 is 2.69 bits per heavy atom. The van der Waals surface area contributed by atoms with Crippen LogP contribution in [0.5, 0.6) is 0 Å². The summed E-state index contributed by atoms with van der Waals surface area (Å²) >= 11 is 0. The molecule has 2 N–H and O–H groups in total. The zero-order chi connectivity index (χ0) is 12.0. The first-order chi connectivity index (χ1) is 7.65. The minimum atomic E-state index is -0.922. The number of halogens is 2. The van der Waals surface area contributed by atoms with Crippen LogP contribution in [-0.4, -0.2) is 12.3 Å². The van der Waals surface area contributed by atoms with Crippen LogP contribution in [0.4, 0.5) is 8.78 Å². The van der Waals surface area contributed by atoms with E-state index in [1.165, 1.54) is 12.1 Å². The van der Waals surface area contributed by atoms with Crippen molar-refractivity contribution >= 4 is 5.78 Å². The summed E-state index contributed by atoms with van der Waals surface area (Å²) in [4.78, 5) is 11.4. The third-order valence-corrected chi connectivity index (χ3v) is 2.33. The van der Waals surface area contributed by atoms with Crippen LogP contribution in [0.15, 0.2) is 18.2 Å². The highest BCUT2D eigenvalue weighted by Crippen LogP contribution is 2.13. The van der Waals surface area contributed by atoms with E-state index in [-0.39, 0.29) is 17.8 Å². The summed E-state index contributed by atoms with van der Waals surface area (Å²) in [5, 5.41) is 0. The fraction of sp³-hybridized carbons (Fsp3) is 0.417. The molecule has 1 rings (SSSR count). The Kier molecular flexibility index (Phi) is 5.05. The van der Waals surface area contributed by atoms with Gasteiger partial charge >= 0.3 is 0 Å². The molecule has 0 saturated carbocycles. The first-order valence-corrected chi connectivity index (χ1v) is 5.30. The second kappa shape index (κ2) is 6.33. The molecule has 0 fully saturated rings. The van der Waals surface area contributed by atoms with E-state index in [1.54, 1.807) is 0 Å². The van der Waals surface area contributed by atoms with E-state index in [2.05, 4.69) is 0 Å². The molecule has 2 nitrogen and oxygen atoms in total. The fourth-order valence-electron chi connectivity index (χ4n) is 1.45. The van der Waals surface area contributed by atoms with E-state index in [0.29, 0.717) is 19.4 Å². The predicted octanol–water partition coefficient (Wildman–Crippen LogP) is 2.21. The summed E-state index contributed by atoms with van der Waals surface area (Å²) in [5.74, 6) is -1.92. The number of rotatable bonds is 6. The van der Waals surface area contributed by atoms with Gasteiger partial charge in [-0.25, -0.2) is 8.78 Å². The van der Waals surface area contributed by atoms with E-state index in [4.69, 9.17) is 5.73 Å². The quantitative estimate of drug-likeness (QED) is 0.757. The molecule has 1 aromatic carbocycles. The summed E-state index contributed by atoms with van der Waals surface area (Å²) in [6.07, 6.45) is 1.80. The number of nitrogens with two attached hydrogens (primary N) is 1. The monoisotopic (exact) mass is 227 g/mol. The number of ketones is 1. The number of unbranched alkanes of at least 4 members (excludes halogenated alkanes) is 1. The normalized spacial score (nSPS) is 10.4. The molecule has 1 aromatic rings. The summed E-state index contributed by atoms with van der Waals surface area (Å²) in [6, 6.07) is 3.87. The number of carbonyl (C=O) groups is 1. The van der Waals surface area contributed by atoms with Crippen molar-refractivity contribution in [1.82, 2.24) is 0 Å². The van der Waals surface area contributed by atoms with Crippen LogP contribution in [0.1, 0.15) is 24.8 Å². The molecule has 0 aromatic heterocycles. The van der Waals surface area contributed by atoms with Gasteiger partial charge in [0.1, 0.15) is 5.78 Å². The highest BCUT2D eigenvalue weighted by molar-refractivity contribution is 5.80. The van der Waals surface area contributed by atoms with Gasteiger partial charge in [0.2, 0.25) is 0 Å². The van der Waals surface area contributed by atoms with Crippen molar-refractivity contribution in [2.75, 3.05) is 6.54 Å². The van der Waals surface area contributed by atoms with Gasteiger partial charge in [-0.3, -0.25) is 4.79 Å².